The monoisotopic (exact) mass is 386 g/mol. The number of primary amides is 1. The Morgan fingerprint density at radius 2 is 1.41 bits per heavy atom. The highest BCUT2D eigenvalue weighted by Crippen LogP contribution is 2.28. The normalized spacial score (nSPS) is 12.0. The molecule has 0 radical (unpaired) electrons. The number of hydrogen-bond acceptors (Lipinski definition) is 2. The van der Waals surface area contributed by atoms with Gasteiger partial charge in [0, 0.05) is 6.42 Å². The fraction of sp³-hybridized carbons (Fsp3) is 0.0833. The summed E-state index contributed by atoms with van der Waals surface area (Å²) in [5.74, 6) is -1.58. The molecule has 0 fully saturated rings. The van der Waals surface area contributed by atoms with E-state index in [-0.39, 0.29) is 6.42 Å². The Morgan fingerprint density at radius 3 is 2.00 bits per heavy atom. The number of benzene rings is 4. The van der Waals surface area contributed by atoms with Crippen LogP contribution in [0.1, 0.15) is 15.9 Å². The zero-order chi connectivity index (χ0) is 20.4. The van der Waals surface area contributed by atoms with Crippen LogP contribution in [0.15, 0.2) is 78.9 Å². The number of carbonyl (C=O) groups is 2. The molecule has 1 atom stereocenters. The molecule has 4 nitrogen and oxygen atoms in total. The number of rotatable bonds is 5. The fourth-order valence-corrected chi connectivity index (χ4v) is 3.60. The van der Waals surface area contributed by atoms with Crippen LogP contribution >= 0.6 is 0 Å². The molecule has 4 rings (SSSR count). The maximum Gasteiger partial charge on any atom is 0.253 e. The van der Waals surface area contributed by atoms with Gasteiger partial charge in [-0.1, -0.05) is 66.7 Å². The molecule has 0 saturated heterocycles. The number of carbonyl (C=O) groups excluding carboxylic acids is 2. The third-order valence-corrected chi connectivity index (χ3v) is 5.03. The van der Waals surface area contributed by atoms with Gasteiger partial charge in [0.15, 0.2) is 0 Å². The lowest BCUT2D eigenvalue weighted by atomic mass is 9.95. The van der Waals surface area contributed by atoms with Crippen molar-refractivity contribution in [2.45, 2.75) is 12.5 Å². The van der Waals surface area contributed by atoms with E-state index in [9.17, 15) is 14.0 Å². The summed E-state index contributed by atoms with van der Waals surface area (Å²) >= 11 is 0. The molecule has 0 unspecified atom stereocenters. The van der Waals surface area contributed by atoms with E-state index in [4.69, 9.17) is 5.73 Å². The Balaban J connectivity index is 1.75. The molecule has 29 heavy (non-hydrogen) atoms. The van der Waals surface area contributed by atoms with Crippen molar-refractivity contribution in [2.24, 2.45) is 5.73 Å². The van der Waals surface area contributed by atoms with Gasteiger partial charge in [0.1, 0.15) is 11.9 Å². The molecule has 0 aliphatic carbocycles. The van der Waals surface area contributed by atoms with Gasteiger partial charge in [0.05, 0.1) is 5.56 Å². The highest BCUT2D eigenvalue weighted by Gasteiger charge is 2.23. The SMILES string of the molecule is NC(=O)[C@@H](Cc1ccccc1F)NC(=O)c1c2ccccc2cc2ccccc12. The van der Waals surface area contributed by atoms with Crippen LogP contribution < -0.4 is 11.1 Å². The van der Waals surface area contributed by atoms with E-state index in [1.807, 2.05) is 54.6 Å². The van der Waals surface area contributed by atoms with Gasteiger partial charge >= 0.3 is 0 Å². The molecule has 0 bridgehead atoms. The Morgan fingerprint density at radius 1 is 0.862 bits per heavy atom. The highest BCUT2D eigenvalue weighted by atomic mass is 19.1. The molecular weight excluding hydrogens is 367 g/mol. The standard InChI is InChI=1S/C24H19FN2O2/c25-20-12-6-3-9-17(20)14-21(23(26)28)27-24(29)22-18-10-4-1-7-15(18)13-16-8-2-5-11-19(16)22/h1-13,21H,14H2,(H2,26,28)(H,27,29)/t21-/m1/s1. The van der Waals surface area contributed by atoms with E-state index in [2.05, 4.69) is 5.32 Å². The lowest BCUT2D eigenvalue weighted by Gasteiger charge is -2.18. The summed E-state index contributed by atoms with van der Waals surface area (Å²) in [6.07, 6.45) is -0.0174. The molecule has 144 valence electrons. The summed E-state index contributed by atoms with van der Waals surface area (Å²) in [5.41, 5.74) is 6.30. The van der Waals surface area contributed by atoms with Gasteiger partial charge in [-0.05, 0) is 39.2 Å². The first kappa shape index (κ1) is 18.6. The van der Waals surface area contributed by atoms with Crippen molar-refractivity contribution in [1.82, 2.24) is 5.32 Å². The molecule has 4 aromatic rings. The van der Waals surface area contributed by atoms with Crippen molar-refractivity contribution < 1.29 is 14.0 Å². The molecule has 0 saturated carbocycles. The molecular formula is C24H19FN2O2. The third-order valence-electron chi connectivity index (χ3n) is 5.03. The van der Waals surface area contributed by atoms with Crippen LogP contribution in [0, 0.1) is 5.82 Å². The Labute approximate surface area is 167 Å². The first-order chi connectivity index (χ1) is 14.0. The second-order valence-corrected chi connectivity index (χ2v) is 6.92. The summed E-state index contributed by atoms with van der Waals surface area (Å²) in [6, 6.07) is 22.3. The second kappa shape index (κ2) is 7.72. The quantitative estimate of drug-likeness (QED) is 0.510. The smallest absolute Gasteiger partial charge is 0.253 e. The van der Waals surface area contributed by atoms with Crippen molar-refractivity contribution >= 4 is 33.4 Å². The average Bonchev–Trinajstić information content (AvgIpc) is 2.72. The largest absolute Gasteiger partial charge is 0.368 e. The van der Waals surface area contributed by atoms with Crippen molar-refractivity contribution in [2.75, 3.05) is 0 Å². The molecule has 0 aromatic heterocycles. The summed E-state index contributed by atoms with van der Waals surface area (Å²) < 4.78 is 14.0. The molecule has 0 heterocycles. The van der Waals surface area contributed by atoms with Crippen LogP contribution in [0.5, 0.6) is 0 Å². The first-order valence-corrected chi connectivity index (χ1v) is 9.28. The Bertz CT molecular complexity index is 1180. The predicted octanol–water partition coefficient (Wildman–Crippen LogP) is 3.96. The number of amides is 2. The van der Waals surface area contributed by atoms with E-state index >= 15 is 0 Å². The fourth-order valence-electron chi connectivity index (χ4n) is 3.60. The van der Waals surface area contributed by atoms with Crippen molar-refractivity contribution in [1.29, 1.82) is 0 Å². The van der Waals surface area contributed by atoms with Crippen LogP contribution in [0.3, 0.4) is 0 Å². The van der Waals surface area contributed by atoms with Crippen molar-refractivity contribution in [3.63, 3.8) is 0 Å². The predicted molar refractivity (Wildman–Crippen MR) is 112 cm³/mol. The summed E-state index contributed by atoms with van der Waals surface area (Å²) in [7, 11) is 0. The third kappa shape index (κ3) is 3.67. The minimum Gasteiger partial charge on any atom is -0.368 e. The van der Waals surface area contributed by atoms with E-state index < -0.39 is 23.7 Å². The van der Waals surface area contributed by atoms with Gasteiger partial charge in [-0.25, -0.2) is 4.39 Å². The van der Waals surface area contributed by atoms with Gasteiger partial charge < -0.3 is 11.1 Å². The number of nitrogens with one attached hydrogen (secondary N) is 1. The maximum atomic E-state index is 14.0. The van der Waals surface area contributed by atoms with Gasteiger partial charge in [-0.2, -0.15) is 0 Å². The van der Waals surface area contributed by atoms with Gasteiger partial charge in [0.2, 0.25) is 5.91 Å². The Hall–Kier alpha value is -3.73. The van der Waals surface area contributed by atoms with Gasteiger partial charge in [-0.15, -0.1) is 0 Å². The van der Waals surface area contributed by atoms with Crippen LogP contribution in [0.25, 0.3) is 21.5 Å². The zero-order valence-corrected chi connectivity index (χ0v) is 15.6. The van der Waals surface area contributed by atoms with Crippen LogP contribution in [0.2, 0.25) is 0 Å². The lowest BCUT2D eigenvalue weighted by Crippen LogP contribution is -2.46. The number of nitrogens with two attached hydrogens (primary N) is 1. The summed E-state index contributed by atoms with van der Waals surface area (Å²) in [4.78, 5) is 25.2. The van der Waals surface area contributed by atoms with E-state index in [0.717, 1.165) is 21.5 Å². The average molecular weight is 386 g/mol. The minimum absolute atomic E-state index is 0.0174. The summed E-state index contributed by atoms with van der Waals surface area (Å²) in [6.45, 7) is 0. The molecule has 0 spiro atoms. The minimum atomic E-state index is -1.03. The molecule has 4 aromatic carbocycles. The number of fused-ring (bicyclic) bond motifs is 2. The van der Waals surface area contributed by atoms with Gasteiger partial charge in [0.25, 0.3) is 5.91 Å². The van der Waals surface area contributed by atoms with Gasteiger partial charge in [-0.3, -0.25) is 9.59 Å². The van der Waals surface area contributed by atoms with Crippen LogP contribution in [-0.2, 0) is 11.2 Å². The van der Waals surface area contributed by atoms with Crippen LogP contribution in [-0.4, -0.2) is 17.9 Å². The lowest BCUT2D eigenvalue weighted by molar-refractivity contribution is -0.119. The van der Waals surface area contributed by atoms with E-state index in [1.54, 1.807) is 18.2 Å². The van der Waals surface area contributed by atoms with Crippen molar-refractivity contribution in [3.8, 4) is 0 Å². The number of halogens is 1. The molecule has 2 amide bonds. The topological polar surface area (TPSA) is 72.2 Å². The first-order valence-electron chi connectivity index (χ1n) is 9.28. The summed E-state index contributed by atoms with van der Waals surface area (Å²) in [5, 5.41) is 6.10. The molecule has 3 N–H and O–H groups in total. The maximum absolute atomic E-state index is 14.0. The van der Waals surface area contributed by atoms with Crippen LogP contribution in [0.4, 0.5) is 4.39 Å². The van der Waals surface area contributed by atoms with Crippen molar-refractivity contribution in [3.05, 3.63) is 95.8 Å². The molecule has 0 aliphatic rings. The van der Waals surface area contributed by atoms with E-state index in [0.29, 0.717) is 11.1 Å². The Kier molecular flexibility index (Phi) is 4.96. The molecule has 5 heteroatoms. The van der Waals surface area contributed by atoms with E-state index in [1.165, 1.54) is 6.07 Å². The second-order valence-electron chi connectivity index (χ2n) is 6.92. The molecule has 0 aliphatic heterocycles. The number of hydrogen-bond donors (Lipinski definition) is 2. The zero-order valence-electron chi connectivity index (χ0n) is 15.6. The highest BCUT2D eigenvalue weighted by molar-refractivity contribution is 6.18.